The molecule has 0 aliphatic carbocycles. The van der Waals surface area contributed by atoms with Crippen LogP contribution in [-0.4, -0.2) is 25.8 Å². The van der Waals surface area contributed by atoms with E-state index in [4.69, 9.17) is 0 Å². The number of sulfone groups is 1. The van der Waals surface area contributed by atoms with Crippen molar-refractivity contribution in [3.63, 3.8) is 0 Å². The van der Waals surface area contributed by atoms with Gasteiger partial charge in [-0.25, -0.2) is 8.42 Å². The van der Waals surface area contributed by atoms with Gasteiger partial charge in [0.25, 0.3) is 0 Å². The van der Waals surface area contributed by atoms with Crippen molar-refractivity contribution in [2.24, 2.45) is 0 Å². The van der Waals surface area contributed by atoms with Crippen LogP contribution in [0.25, 0.3) is 0 Å². The summed E-state index contributed by atoms with van der Waals surface area (Å²) in [4.78, 5) is 0.400. The third kappa shape index (κ3) is 2.85. The highest BCUT2D eigenvalue weighted by Gasteiger charge is 2.34. The first kappa shape index (κ1) is 14.3. The lowest BCUT2D eigenvalue weighted by atomic mass is 10.1. The molecule has 0 aromatic heterocycles. The van der Waals surface area contributed by atoms with Crippen LogP contribution in [0.1, 0.15) is 23.3 Å². The average Bonchev–Trinajstić information content (AvgIpc) is 2.77. The molecule has 0 spiro atoms. The van der Waals surface area contributed by atoms with Gasteiger partial charge >= 0.3 is 0 Å². The molecule has 2 atom stereocenters. The van der Waals surface area contributed by atoms with Gasteiger partial charge in [-0.2, -0.15) is 0 Å². The maximum atomic E-state index is 12.1. The van der Waals surface area contributed by atoms with Crippen molar-refractivity contribution in [1.82, 2.24) is 5.32 Å². The molecule has 0 amide bonds. The Bertz CT molecular complexity index is 728. The standard InChI is InChI=1S/C16H17NO3S/c18-15(12-6-2-1-3-7-12)10-17-14-11-21(19,20)16-9-5-4-8-13(14)16/h1-9,14-15,17-18H,10-11H2. The third-order valence-corrected chi connectivity index (χ3v) is 5.57. The van der Waals surface area contributed by atoms with Crippen LogP contribution in [0.5, 0.6) is 0 Å². The van der Waals surface area contributed by atoms with Crippen molar-refractivity contribution >= 4 is 9.84 Å². The van der Waals surface area contributed by atoms with Crippen LogP contribution in [0.3, 0.4) is 0 Å². The van der Waals surface area contributed by atoms with E-state index in [9.17, 15) is 13.5 Å². The Labute approximate surface area is 124 Å². The summed E-state index contributed by atoms with van der Waals surface area (Å²) < 4.78 is 24.2. The first-order valence-electron chi connectivity index (χ1n) is 6.86. The smallest absolute Gasteiger partial charge is 0.180 e. The van der Waals surface area contributed by atoms with E-state index >= 15 is 0 Å². The van der Waals surface area contributed by atoms with Crippen LogP contribution in [0, 0.1) is 0 Å². The minimum absolute atomic E-state index is 0.0495. The van der Waals surface area contributed by atoms with Gasteiger partial charge in [0.1, 0.15) is 0 Å². The lowest BCUT2D eigenvalue weighted by molar-refractivity contribution is 0.171. The molecule has 1 aliphatic rings. The van der Waals surface area contributed by atoms with Crippen LogP contribution >= 0.6 is 0 Å². The number of benzene rings is 2. The number of hydrogen-bond donors (Lipinski definition) is 2. The predicted octanol–water partition coefficient (Wildman–Crippen LogP) is 1.84. The number of aliphatic hydroxyl groups is 1. The highest BCUT2D eigenvalue weighted by atomic mass is 32.2. The molecule has 3 rings (SSSR count). The van der Waals surface area contributed by atoms with E-state index in [0.717, 1.165) is 11.1 Å². The van der Waals surface area contributed by atoms with Gasteiger partial charge in [-0.15, -0.1) is 0 Å². The molecule has 21 heavy (non-hydrogen) atoms. The van der Waals surface area contributed by atoms with Crippen molar-refractivity contribution in [3.8, 4) is 0 Å². The zero-order valence-electron chi connectivity index (χ0n) is 11.4. The van der Waals surface area contributed by atoms with Crippen molar-refractivity contribution in [2.45, 2.75) is 17.0 Å². The summed E-state index contributed by atoms with van der Waals surface area (Å²) in [6, 6.07) is 16.1. The minimum Gasteiger partial charge on any atom is -0.387 e. The monoisotopic (exact) mass is 303 g/mol. The zero-order valence-corrected chi connectivity index (χ0v) is 12.3. The second-order valence-electron chi connectivity index (χ2n) is 5.21. The summed E-state index contributed by atoms with van der Waals surface area (Å²) in [7, 11) is -3.21. The summed E-state index contributed by atoms with van der Waals surface area (Å²) in [6.07, 6.45) is -0.651. The second-order valence-corrected chi connectivity index (χ2v) is 7.21. The number of fused-ring (bicyclic) bond motifs is 1. The molecule has 4 nitrogen and oxygen atoms in total. The molecule has 0 radical (unpaired) electrons. The Kier molecular flexibility index (Phi) is 3.80. The Balaban J connectivity index is 1.73. The van der Waals surface area contributed by atoms with Gasteiger partial charge in [0.2, 0.25) is 0 Å². The molecule has 110 valence electrons. The molecule has 2 N–H and O–H groups in total. The fraction of sp³-hybridized carbons (Fsp3) is 0.250. The minimum atomic E-state index is -3.21. The predicted molar refractivity (Wildman–Crippen MR) is 80.6 cm³/mol. The molecule has 5 heteroatoms. The first-order valence-corrected chi connectivity index (χ1v) is 8.51. The fourth-order valence-corrected chi connectivity index (χ4v) is 4.44. The average molecular weight is 303 g/mol. The number of nitrogens with one attached hydrogen (secondary N) is 1. The number of aliphatic hydroxyl groups excluding tert-OH is 1. The molecule has 2 aromatic rings. The molecular weight excluding hydrogens is 286 g/mol. The number of hydrogen-bond acceptors (Lipinski definition) is 4. The molecule has 2 unspecified atom stereocenters. The zero-order chi connectivity index (χ0) is 14.9. The van der Waals surface area contributed by atoms with Gasteiger partial charge in [-0.3, -0.25) is 0 Å². The van der Waals surface area contributed by atoms with Crippen LogP contribution in [0.4, 0.5) is 0 Å². The van der Waals surface area contributed by atoms with Crippen LogP contribution in [0.2, 0.25) is 0 Å². The molecule has 0 saturated carbocycles. The number of rotatable bonds is 4. The topological polar surface area (TPSA) is 66.4 Å². The van der Waals surface area contributed by atoms with E-state index in [1.807, 2.05) is 42.5 Å². The van der Waals surface area contributed by atoms with Crippen molar-refractivity contribution in [1.29, 1.82) is 0 Å². The quantitative estimate of drug-likeness (QED) is 0.904. The van der Waals surface area contributed by atoms with E-state index in [2.05, 4.69) is 5.32 Å². The lowest BCUT2D eigenvalue weighted by Crippen LogP contribution is -2.27. The molecule has 0 saturated heterocycles. The second kappa shape index (κ2) is 5.60. The summed E-state index contributed by atoms with van der Waals surface area (Å²) in [5.41, 5.74) is 1.61. The van der Waals surface area contributed by atoms with E-state index in [0.29, 0.717) is 11.4 Å². The van der Waals surface area contributed by atoms with Gasteiger partial charge in [0.15, 0.2) is 9.84 Å². The molecule has 0 fully saturated rings. The molecule has 1 heterocycles. The summed E-state index contributed by atoms with van der Waals surface area (Å²) in [5, 5.41) is 13.3. The van der Waals surface area contributed by atoms with E-state index in [1.54, 1.807) is 12.1 Å². The molecular formula is C16H17NO3S. The normalized spacial score (nSPS) is 20.9. The highest BCUT2D eigenvalue weighted by Crippen LogP contribution is 2.33. The van der Waals surface area contributed by atoms with E-state index in [-0.39, 0.29) is 11.8 Å². The molecule has 0 bridgehead atoms. The Morgan fingerprint density at radius 1 is 1.10 bits per heavy atom. The van der Waals surface area contributed by atoms with Gasteiger partial charge in [-0.1, -0.05) is 48.5 Å². The maximum Gasteiger partial charge on any atom is 0.180 e. The molecule has 2 aromatic carbocycles. The highest BCUT2D eigenvalue weighted by molar-refractivity contribution is 7.91. The summed E-state index contributed by atoms with van der Waals surface area (Å²) >= 11 is 0. The van der Waals surface area contributed by atoms with E-state index in [1.165, 1.54) is 0 Å². The van der Waals surface area contributed by atoms with Crippen molar-refractivity contribution in [2.75, 3.05) is 12.3 Å². The van der Waals surface area contributed by atoms with Crippen LogP contribution in [-0.2, 0) is 9.84 Å². The van der Waals surface area contributed by atoms with Crippen LogP contribution < -0.4 is 5.32 Å². The van der Waals surface area contributed by atoms with Crippen LogP contribution in [0.15, 0.2) is 59.5 Å². The van der Waals surface area contributed by atoms with Gasteiger partial charge < -0.3 is 10.4 Å². The lowest BCUT2D eigenvalue weighted by Gasteiger charge is -2.16. The third-order valence-electron chi connectivity index (χ3n) is 3.76. The molecule has 1 aliphatic heterocycles. The maximum absolute atomic E-state index is 12.1. The Morgan fingerprint density at radius 2 is 1.76 bits per heavy atom. The van der Waals surface area contributed by atoms with Gasteiger partial charge in [0.05, 0.1) is 16.8 Å². The largest absolute Gasteiger partial charge is 0.387 e. The Morgan fingerprint density at radius 3 is 2.52 bits per heavy atom. The fourth-order valence-electron chi connectivity index (χ4n) is 2.67. The van der Waals surface area contributed by atoms with Crippen molar-refractivity contribution < 1.29 is 13.5 Å². The Hall–Kier alpha value is -1.69. The van der Waals surface area contributed by atoms with Crippen molar-refractivity contribution in [3.05, 3.63) is 65.7 Å². The first-order chi connectivity index (χ1) is 10.1. The van der Waals surface area contributed by atoms with Gasteiger partial charge in [0, 0.05) is 12.6 Å². The summed E-state index contributed by atoms with van der Waals surface area (Å²) in [5.74, 6) is 0.0495. The SMILES string of the molecule is O=S1(=O)CC(NCC(O)c2ccccc2)c2ccccc21. The van der Waals surface area contributed by atoms with Gasteiger partial charge in [-0.05, 0) is 17.2 Å². The summed E-state index contributed by atoms with van der Waals surface area (Å²) in [6.45, 7) is 0.318. The van der Waals surface area contributed by atoms with E-state index < -0.39 is 15.9 Å².